The van der Waals surface area contributed by atoms with Gasteiger partial charge in [-0.15, -0.1) is 0 Å². The third kappa shape index (κ3) is 5.77. The third-order valence-corrected chi connectivity index (χ3v) is 4.26. The second-order valence-electron chi connectivity index (χ2n) is 6.41. The normalized spacial score (nSPS) is 14.0. The molecule has 0 aliphatic carbocycles. The number of amides is 2. The molecule has 2 rings (SSSR count). The van der Waals surface area contributed by atoms with Crippen molar-refractivity contribution in [2.45, 2.75) is 31.0 Å². The van der Waals surface area contributed by atoms with Gasteiger partial charge in [0.05, 0.1) is 19.1 Å². The van der Waals surface area contributed by atoms with Crippen molar-refractivity contribution in [2.24, 2.45) is 5.73 Å². The van der Waals surface area contributed by atoms with Gasteiger partial charge in [0.25, 0.3) is 0 Å². The Morgan fingerprint density at radius 1 is 1.03 bits per heavy atom. The van der Waals surface area contributed by atoms with E-state index in [0.717, 1.165) is 16.5 Å². The summed E-state index contributed by atoms with van der Waals surface area (Å²) in [6.45, 7) is -0.894. The minimum atomic E-state index is -1.63. The van der Waals surface area contributed by atoms with Crippen molar-refractivity contribution in [3.8, 4) is 0 Å². The summed E-state index contributed by atoms with van der Waals surface area (Å²) in [6.07, 6.45) is 1.05. The molecule has 0 fully saturated rings. The number of aromatic amines is 1. The standard InChI is InChI=1S/C18H22N4O7/c19-11(5-9-7-20-12-4-2-1-3-10(9)12)16(26)21-13(6-15(24)25)17(27)22-14(8-23)18(28)29/h1-4,7,11,13-14,20,23H,5-6,8,19H2,(H,21,26)(H,22,27)(H,24,25)(H,28,29). The molecule has 1 aromatic carbocycles. The number of aliphatic hydroxyl groups excluding tert-OH is 1. The lowest BCUT2D eigenvalue weighted by atomic mass is 10.0. The minimum Gasteiger partial charge on any atom is -0.481 e. The number of benzene rings is 1. The summed E-state index contributed by atoms with van der Waals surface area (Å²) in [6, 6.07) is 3.13. The maximum Gasteiger partial charge on any atom is 0.328 e. The van der Waals surface area contributed by atoms with Gasteiger partial charge in [-0.25, -0.2) is 4.79 Å². The van der Waals surface area contributed by atoms with Crippen molar-refractivity contribution in [2.75, 3.05) is 6.61 Å². The molecule has 0 bridgehead atoms. The van der Waals surface area contributed by atoms with Crippen LogP contribution in [0.4, 0.5) is 0 Å². The first kappa shape index (κ1) is 21.9. The van der Waals surface area contributed by atoms with Gasteiger partial charge in [0.1, 0.15) is 12.1 Å². The van der Waals surface area contributed by atoms with E-state index in [2.05, 4.69) is 10.3 Å². The van der Waals surface area contributed by atoms with Crippen LogP contribution >= 0.6 is 0 Å². The van der Waals surface area contributed by atoms with Gasteiger partial charge in [0, 0.05) is 17.1 Å². The molecule has 2 amide bonds. The van der Waals surface area contributed by atoms with Gasteiger partial charge in [-0.05, 0) is 18.1 Å². The van der Waals surface area contributed by atoms with E-state index in [1.807, 2.05) is 29.6 Å². The number of fused-ring (bicyclic) bond motifs is 1. The second-order valence-corrected chi connectivity index (χ2v) is 6.41. The van der Waals surface area contributed by atoms with Crippen molar-refractivity contribution < 1.29 is 34.5 Å². The molecule has 8 N–H and O–H groups in total. The van der Waals surface area contributed by atoms with Gasteiger partial charge >= 0.3 is 11.9 Å². The molecule has 11 nitrogen and oxygen atoms in total. The molecule has 1 aromatic heterocycles. The highest BCUT2D eigenvalue weighted by atomic mass is 16.4. The summed E-state index contributed by atoms with van der Waals surface area (Å²) in [4.78, 5) is 49.6. The molecule has 0 spiro atoms. The maximum absolute atomic E-state index is 12.4. The summed E-state index contributed by atoms with van der Waals surface area (Å²) >= 11 is 0. The first-order valence-corrected chi connectivity index (χ1v) is 8.69. The largest absolute Gasteiger partial charge is 0.481 e. The maximum atomic E-state index is 12.4. The molecule has 0 saturated carbocycles. The van der Waals surface area contributed by atoms with Crippen LogP contribution in [-0.2, 0) is 25.6 Å². The minimum absolute atomic E-state index is 0.131. The van der Waals surface area contributed by atoms with E-state index in [1.54, 1.807) is 6.20 Å². The number of carbonyl (C=O) groups excluding carboxylic acids is 2. The van der Waals surface area contributed by atoms with Crippen LogP contribution in [0, 0.1) is 0 Å². The number of carbonyl (C=O) groups is 4. The number of rotatable bonds is 10. The van der Waals surface area contributed by atoms with Crippen molar-refractivity contribution >= 4 is 34.7 Å². The molecule has 3 unspecified atom stereocenters. The molecule has 156 valence electrons. The Morgan fingerprint density at radius 2 is 1.69 bits per heavy atom. The van der Waals surface area contributed by atoms with E-state index in [-0.39, 0.29) is 6.42 Å². The number of H-pyrrole nitrogens is 1. The van der Waals surface area contributed by atoms with Gasteiger partial charge < -0.3 is 36.7 Å². The van der Waals surface area contributed by atoms with Gasteiger partial charge in [0.15, 0.2) is 0 Å². The lowest BCUT2D eigenvalue weighted by molar-refractivity contribution is -0.144. The smallest absolute Gasteiger partial charge is 0.328 e. The SMILES string of the molecule is NC(Cc1c[nH]c2ccccc12)C(=O)NC(CC(=O)O)C(=O)NC(CO)C(=O)O. The molecule has 0 saturated heterocycles. The van der Waals surface area contributed by atoms with Crippen molar-refractivity contribution in [3.63, 3.8) is 0 Å². The van der Waals surface area contributed by atoms with E-state index in [4.69, 9.17) is 21.1 Å². The number of hydrogen-bond acceptors (Lipinski definition) is 6. The van der Waals surface area contributed by atoms with Crippen LogP contribution in [0.3, 0.4) is 0 Å². The fourth-order valence-electron chi connectivity index (χ4n) is 2.75. The number of aliphatic carboxylic acids is 2. The van der Waals surface area contributed by atoms with Crippen molar-refractivity contribution in [1.82, 2.24) is 15.6 Å². The number of aromatic nitrogens is 1. The Labute approximate surface area is 164 Å². The zero-order chi connectivity index (χ0) is 21.6. The molecule has 0 aliphatic rings. The zero-order valence-electron chi connectivity index (χ0n) is 15.3. The Hall–Kier alpha value is -3.44. The Bertz CT molecular complexity index is 911. The van der Waals surface area contributed by atoms with Crippen LogP contribution in [-0.4, -0.2) is 68.8 Å². The second kappa shape index (κ2) is 9.66. The van der Waals surface area contributed by atoms with Gasteiger partial charge in [0.2, 0.25) is 11.8 Å². The van der Waals surface area contributed by atoms with Crippen LogP contribution in [0.2, 0.25) is 0 Å². The zero-order valence-corrected chi connectivity index (χ0v) is 15.3. The highest BCUT2D eigenvalue weighted by Crippen LogP contribution is 2.18. The van der Waals surface area contributed by atoms with Crippen LogP contribution in [0.15, 0.2) is 30.5 Å². The van der Waals surface area contributed by atoms with E-state index in [0.29, 0.717) is 0 Å². The summed E-state index contributed by atoms with van der Waals surface area (Å²) in [5.41, 5.74) is 7.55. The predicted molar refractivity (Wildman–Crippen MR) is 101 cm³/mol. The van der Waals surface area contributed by atoms with Crippen molar-refractivity contribution in [3.05, 3.63) is 36.0 Å². The molecule has 3 atom stereocenters. The first-order valence-electron chi connectivity index (χ1n) is 8.69. The quantitative estimate of drug-likeness (QED) is 0.249. The molecule has 0 aliphatic heterocycles. The fraction of sp³-hybridized carbons (Fsp3) is 0.333. The predicted octanol–water partition coefficient (Wildman–Crippen LogP) is -1.44. The van der Waals surface area contributed by atoms with E-state index in [9.17, 15) is 19.2 Å². The average Bonchev–Trinajstić information content (AvgIpc) is 3.07. The van der Waals surface area contributed by atoms with Gasteiger partial charge in [-0.3, -0.25) is 14.4 Å². The molecule has 1 heterocycles. The first-order chi connectivity index (χ1) is 13.7. The molecule has 0 radical (unpaired) electrons. The number of hydrogen-bond donors (Lipinski definition) is 7. The van der Waals surface area contributed by atoms with Crippen LogP contribution in [0.25, 0.3) is 10.9 Å². The van der Waals surface area contributed by atoms with Crippen LogP contribution in [0.5, 0.6) is 0 Å². The highest BCUT2D eigenvalue weighted by Gasteiger charge is 2.29. The van der Waals surface area contributed by atoms with Gasteiger partial charge in [-0.1, -0.05) is 18.2 Å². The van der Waals surface area contributed by atoms with E-state index >= 15 is 0 Å². The molecular weight excluding hydrogens is 384 g/mol. The number of carboxylic acids is 2. The van der Waals surface area contributed by atoms with Crippen LogP contribution < -0.4 is 16.4 Å². The molecule has 11 heteroatoms. The Morgan fingerprint density at radius 3 is 2.31 bits per heavy atom. The number of carboxylic acid groups (broad SMARTS) is 2. The van der Waals surface area contributed by atoms with Crippen molar-refractivity contribution in [1.29, 1.82) is 0 Å². The molecular formula is C18H22N4O7. The lowest BCUT2D eigenvalue weighted by Crippen LogP contribution is -2.56. The van der Waals surface area contributed by atoms with Gasteiger partial charge in [-0.2, -0.15) is 0 Å². The van der Waals surface area contributed by atoms with E-state index in [1.165, 1.54) is 0 Å². The fourth-order valence-corrected chi connectivity index (χ4v) is 2.75. The molecule has 29 heavy (non-hydrogen) atoms. The summed E-state index contributed by atoms with van der Waals surface area (Å²) in [5.74, 6) is -4.71. The topological polar surface area (TPSA) is 195 Å². The summed E-state index contributed by atoms with van der Waals surface area (Å²) < 4.78 is 0. The summed E-state index contributed by atoms with van der Waals surface area (Å²) in [5, 5.41) is 31.9. The Balaban J connectivity index is 2.07. The number of aliphatic hydroxyl groups is 1. The number of nitrogens with one attached hydrogen (secondary N) is 3. The summed E-state index contributed by atoms with van der Waals surface area (Å²) in [7, 11) is 0. The number of nitrogens with two attached hydrogens (primary N) is 1. The van der Waals surface area contributed by atoms with E-state index < -0.39 is 54.9 Å². The highest BCUT2D eigenvalue weighted by molar-refractivity contribution is 5.94. The lowest BCUT2D eigenvalue weighted by Gasteiger charge is -2.21. The average molecular weight is 406 g/mol. The monoisotopic (exact) mass is 406 g/mol. The Kier molecular flexibility index (Phi) is 7.28. The number of para-hydroxylation sites is 1. The molecule has 2 aromatic rings. The van der Waals surface area contributed by atoms with Crippen LogP contribution in [0.1, 0.15) is 12.0 Å². The third-order valence-electron chi connectivity index (χ3n) is 4.26.